The standard InChI is InChI=1S/C35H34F3N5O4/c36-35(37,38)28-9-7-27(8-10-28)34(45)41-29-11-13-32(40-21-29)39-20-25-3-1-24(2-4-25)6-14-33(44)43-17-15-42(16-18-43)22-26-5-12-30-31(19-26)47-23-46-30/h1-5,7-13,19,21H,6,14-18,20,22-23H2,(H,39,40)(H,41,45). The van der Waals surface area contributed by atoms with Gasteiger partial charge in [-0.25, -0.2) is 4.98 Å². The van der Waals surface area contributed by atoms with Crippen LogP contribution >= 0.6 is 0 Å². The Kier molecular flexibility index (Phi) is 9.58. The number of pyridine rings is 1. The number of amides is 2. The van der Waals surface area contributed by atoms with Gasteiger partial charge < -0.3 is 25.0 Å². The Bertz CT molecular complexity index is 1690. The van der Waals surface area contributed by atoms with E-state index in [0.29, 0.717) is 44.0 Å². The van der Waals surface area contributed by atoms with Crippen molar-refractivity contribution in [3.63, 3.8) is 0 Å². The molecular weight excluding hydrogens is 611 g/mol. The summed E-state index contributed by atoms with van der Waals surface area (Å²) in [4.78, 5) is 33.9. The molecule has 244 valence electrons. The SMILES string of the molecule is O=C(Nc1ccc(NCc2ccc(CCC(=O)N3CCN(Cc4ccc5c(c4)OCO5)CC3)cc2)nc1)c1ccc(C(F)(F)F)cc1. The second-order valence-corrected chi connectivity index (χ2v) is 11.5. The number of fused-ring (bicyclic) bond motifs is 1. The summed E-state index contributed by atoms with van der Waals surface area (Å²) in [6, 6.07) is 21.5. The highest BCUT2D eigenvalue weighted by Crippen LogP contribution is 2.33. The smallest absolute Gasteiger partial charge is 0.416 e. The number of anilines is 2. The van der Waals surface area contributed by atoms with Crippen molar-refractivity contribution in [3.8, 4) is 11.5 Å². The molecule has 0 radical (unpaired) electrons. The van der Waals surface area contributed by atoms with Crippen LogP contribution in [0.3, 0.4) is 0 Å². The van der Waals surface area contributed by atoms with Gasteiger partial charge in [-0.15, -0.1) is 0 Å². The Labute approximate surface area is 270 Å². The average Bonchev–Trinajstić information content (AvgIpc) is 3.55. The molecule has 0 aliphatic carbocycles. The van der Waals surface area contributed by atoms with Gasteiger partial charge in [-0.2, -0.15) is 13.2 Å². The van der Waals surface area contributed by atoms with E-state index in [1.54, 1.807) is 12.1 Å². The Morgan fingerprint density at radius 2 is 1.51 bits per heavy atom. The maximum absolute atomic E-state index is 12.9. The number of aryl methyl sites for hydroxylation is 1. The first-order chi connectivity index (χ1) is 22.7. The van der Waals surface area contributed by atoms with Gasteiger partial charge in [0.1, 0.15) is 5.82 Å². The van der Waals surface area contributed by atoms with Gasteiger partial charge in [-0.3, -0.25) is 14.5 Å². The van der Waals surface area contributed by atoms with Crippen molar-refractivity contribution >= 4 is 23.3 Å². The second kappa shape index (κ2) is 14.1. The predicted molar refractivity (Wildman–Crippen MR) is 170 cm³/mol. The summed E-state index contributed by atoms with van der Waals surface area (Å²) in [6.45, 7) is 4.70. The van der Waals surface area contributed by atoms with E-state index in [-0.39, 0.29) is 18.3 Å². The van der Waals surface area contributed by atoms with Gasteiger partial charge in [0.15, 0.2) is 11.5 Å². The zero-order valence-electron chi connectivity index (χ0n) is 25.6. The Morgan fingerprint density at radius 3 is 2.21 bits per heavy atom. The van der Waals surface area contributed by atoms with Gasteiger partial charge >= 0.3 is 6.18 Å². The number of hydrogen-bond donors (Lipinski definition) is 2. The fraction of sp³-hybridized carbons (Fsp3) is 0.286. The number of nitrogens with zero attached hydrogens (tertiary/aromatic N) is 3. The molecule has 0 unspecified atom stereocenters. The van der Waals surface area contributed by atoms with Crippen molar-refractivity contribution in [1.29, 1.82) is 0 Å². The van der Waals surface area contributed by atoms with Crippen LogP contribution in [0.4, 0.5) is 24.7 Å². The third-order valence-electron chi connectivity index (χ3n) is 8.19. The van der Waals surface area contributed by atoms with E-state index in [0.717, 1.165) is 66.5 Å². The zero-order chi connectivity index (χ0) is 32.8. The van der Waals surface area contributed by atoms with Gasteiger partial charge in [0.05, 0.1) is 17.4 Å². The molecular formula is C35H34F3N5O4. The number of carbonyl (C=O) groups is 2. The van der Waals surface area contributed by atoms with Gasteiger partial charge in [0.2, 0.25) is 12.7 Å². The highest BCUT2D eigenvalue weighted by molar-refractivity contribution is 6.04. The molecule has 0 spiro atoms. The predicted octanol–water partition coefficient (Wildman–Crippen LogP) is 5.97. The van der Waals surface area contributed by atoms with Gasteiger partial charge in [-0.1, -0.05) is 30.3 Å². The lowest BCUT2D eigenvalue weighted by Gasteiger charge is -2.35. The summed E-state index contributed by atoms with van der Waals surface area (Å²) in [5.74, 6) is 1.81. The first kappa shape index (κ1) is 31.9. The Hall–Kier alpha value is -5.10. The molecule has 1 fully saturated rings. The zero-order valence-corrected chi connectivity index (χ0v) is 25.6. The normalized spacial score (nSPS) is 14.6. The number of carbonyl (C=O) groups excluding carboxylic acids is 2. The van der Waals surface area contributed by atoms with Crippen molar-refractivity contribution < 1.29 is 32.2 Å². The first-order valence-corrected chi connectivity index (χ1v) is 15.3. The minimum Gasteiger partial charge on any atom is -0.454 e. The van der Waals surface area contributed by atoms with E-state index in [2.05, 4.69) is 26.6 Å². The molecule has 9 nitrogen and oxygen atoms in total. The van der Waals surface area contributed by atoms with Crippen LogP contribution in [0.15, 0.2) is 85.1 Å². The van der Waals surface area contributed by atoms with E-state index < -0.39 is 17.6 Å². The highest BCUT2D eigenvalue weighted by Gasteiger charge is 2.30. The minimum atomic E-state index is -4.46. The topological polar surface area (TPSA) is 96.0 Å². The van der Waals surface area contributed by atoms with E-state index in [9.17, 15) is 22.8 Å². The van der Waals surface area contributed by atoms with E-state index >= 15 is 0 Å². The molecule has 3 aromatic carbocycles. The molecule has 0 saturated carbocycles. The number of ether oxygens (including phenoxy) is 2. The van der Waals surface area contributed by atoms with Crippen molar-refractivity contribution in [3.05, 3.63) is 113 Å². The van der Waals surface area contributed by atoms with E-state index in [4.69, 9.17) is 9.47 Å². The average molecular weight is 646 g/mol. The lowest BCUT2D eigenvalue weighted by molar-refractivity contribution is -0.137. The molecule has 1 saturated heterocycles. The van der Waals surface area contributed by atoms with Crippen LogP contribution in [0, 0.1) is 0 Å². The molecule has 0 atom stereocenters. The van der Waals surface area contributed by atoms with Crippen LogP contribution in [0.5, 0.6) is 11.5 Å². The minimum absolute atomic E-state index is 0.112. The summed E-state index contributed by atoms with van der Waals surface area (Å²) < 4.78 is 49.1. The van der Waals surface area contributed by atoms with Crippen LogP contribution in [0.1, 0.15) is 39.0 Å². The van der Waals surface area contributed by atoms with Crippen LogP contribution < -0.4 is 20.1 Å². The summed E-state index contributed by atoms with van der Waals surface area (Å²) in [6.07, 6.45) is -1.85. The lowest BCUT2D eigenvalue weighted by Crippen LogP contribution is -2.48. The van der Waals surface area contributed by atoms with Crippen molar-refractivity contribution in [2.75, 3.05) is 43.6 Å². The molecule has 1 aromatic heterocycles. The molecule has 4 aromatic rings. The lowest BCUT2D eigenvalue weighted by atomic mass is 10.1. The molecule has 0 bridgehead atoms. The number of aromatic nitrogens is 1. The largest absolute Gasteiger partial charge is 0.454 e. The molecule has 47 heavy (non-hydrogen) atoms. The molecule has 2 aliphatic rings. The number of rotatable bonds is 10. The third kappa shape index (κ3) is 8.39. The van der Waals surface area contributed by atoms with E-state index in [1.165, 1.54) is 11.8 Å². The van der Waals surface area contributed by atoms with Crippen LogP contribution in [-0.4, -0.2) is 59.6 Å². The van der Waals surface area contributed by atoms with Gasteiger partial charge in [0.25, 0.3) is 5.91 Å². The molecule has 3 heterocycles. The first-order valence-electron chi connectivity index (χ1n) is 15.3. The quantitative estimate of drug-likeness (QED) is 0.220. The summed E-state index contributed by atoms with van der Waals surface area (Å²) >= 11 is 0. The number of benzene rings is 3. The van der Waals surface area contributed by atoms with Crippen LogP contribution in [0.2, 0.25) is 0 Å². The summed E-state index contributed by atoms with van der Waals surface area (Å²) in [7, 11) is 0. The highest BCUT2D eigenvalue weighted by atomic mass is 19.4. The van der Waals surface area contributed by atoms with Gasteiger partial charge in [0, 0.05) is 51.3 Å². The third-order valence-corrected chi connectivity index (χ3v) is 8.19. The van der Waals surface area contributed by atoms with Crippen molar-refractivity contribution in [1.82, 2.24) is 14.8 Å². The summed E-state index contributed by atoms with van der Waals surface area (Å²) in [5.41, 5.74) is 3.02. The second-order valence-electron chi connectivity index (χ2n) is 11.5. The fourth-order valence-electron chi connectivity index (χ4n) is 5.46. The van der Waals surface area contributed by atoms with Crippen LogP contribution in [-0.2, 0) is 30.5 Å². The Morgan fingerprint density at radius 1 is 0.809 bits per heavy atom. The maximum Gasteiger partial charge on any atom is 0.416 e. The van der Waals surface area contributed by atoms with E-state index in [1.807, 2.05) is 41.3 Å². The molecule has 2 amide bonds. The van der Waals surface area contributed by atoms with Crippen molar-refractivity contribution in [2.45, 2.75) is 32.1 Å². The Balaban J connectivity index is 0.896. The van der Waals surface area contributed by atoms with Crippen molar-refractivity contribution in [2.24, 2.45) is 0 Å². The number of halogens is 3. The number of hydrogen-bond acceptors (Lipinski definition) is 7. The number of piperazine rings is 1. The number of alkyl halides is 3. The molecule has 6 rings (SSSR count). The van der Waals surface area contributed by atoms with Crippen LogP contribution in [0.25, 0.3) is 0 Å². The molecule has 12 heteroatoms. The van der Waals surface area contributed by atoms with Gasteiger partial charge in [-0.05, 0) is 71.6 Å². The fourth-order valence-corrected chi connectivity index (χ4v) is 5.46. The summed E-state index contributed by atoms with van der Waals surface area (Å²) in [5, 5.41) is 5.86. The maximum atomic E-state index is 12.9. The number of nitrogens with one attached hydrogen (secondary N) is 2. The molecule has 2 N–H and O–H groups in total. The molecule has 2 aliphatic heterocycles. The monoisotopic (exact) mass is 645 g/mol.